The van der Waals surface area contributed by atoms with Crippen molar-refractivity contribution in [1.29, 1.82) is 0 Å². The molecule has 0 unspecified atom stereocenters. The predicted octanol–water partition coefficient (Wildman–Crippen LogP) is 4.53. The Hall–Kier alpha value is -1.48. The topological polar surface area (TPSA) is 34.0 Å². The molecule has 3 fully saturated rings. The van der Waals surface area contributed by atoms with Crippen LogP contribution in [0.15, 0.2) is 24.4 Å². The predicted molar refractivity (Wildman–Crippen MR) is 93.9 cm³/mol. The van der Waals surface area contributed by atoms with Crippen LogP contribution in [0.25, 0.3) is 10.9 Å². The fourth-order valence-corrected chi connectivity index (χ4v) is 4.68. The van der Waals surface area contributed by atoms with Crippen molar-refractivity contribution in [2.75, 3.05) is 6.54 Å². The van der Waals surface area contributed by atoms with Gasteiger partial charge in [-0.05, 0) is 68.1 Å². The van der Waals surface area contributed by atoms with Gasteiger partial charge in [-0.25, -0.2) is 0 Å². The standard InChI is InChI=1S/C19H23ClN2O/c1-22-11-16(15-10-14(20)2-3-17(15)22)18(23)21-12-19-7-4-13(5-8-19)6-9-19/h2-3,10-11,13H,4-9,12H2,1H3,(H,21,23). The monoisotopic (exact) mass is 330 g/mol. The Balaban J connectivity index is 1.54. The van der Waals surface area contributed by atoms with E-state index in [4.69, 9.17) is 11.6 Å². The number of amides is 1. The average molecular weight is 331 g/mol. The van der Waals surface area contributed by atoms with Gasteiger partial charge in [0.15, 0.2) is 0 Å². The average Bonchev–Trinajstić information content (AvgIpc) is 2.91. The van der Waals surface area contributed by atoms with Crippen molar-refractivity contribution in [3.63, 3.8) is 0 Å². The van der Waals surface area contributed by atoms with Crippen molar-refractivity contribution in [3.8, 4) is 0 Å². The van der Waals surface area contributed by atoms with Crippen LogP contribution >= 0.6 is 11.6 Å². The first-order valence-electron chi connectivity index (χ1n) is 8.59. The number of rotatable bonds is 3. The number of aryl methyl sites for hydroxylation is 1. The molecule has 2 aromatic rings. The fourth-order valence-electron chi connectivity index (χ4n) is 4.51. The molecular weight excluding hydrogens is 308 g/mol. The first kappa shape index (κ1) is 15.1. The van der Waals surface area contributed by atoms with E-state index in [2.05, 4.69) is 5.32 Å². The number of aromatic nitrogens is 1. The quantitative estimate of drug-likeness (QED) is 0.881. The molecule has 122 valence electrons. The number of nitrogens with one attached hydrogen (secondary N) is 1. The molecule has 3 aliphatic rings. The summed E-state index contributed by atoms with van der Waals surface area (Å²) in [5.41, 5.74) is 2.12. The molecule has 4 heteroatoms. The van der Waals surface area contributed by atoms with Gasteiger partial charge in [0.05, 0.1) is 5.56 Å². The first-order valence-corrected chi connectivity index (χ1v) is 8.97. The Morgan fingerprint density at radius 1 is 1.30 bits per heavy atom. The van der Waals surface area contributed by atoms with Crippen molar-refractivity contribution in [2.24, 2.45) is 18.4 Å². The molecule has 3 nitrogen and oxygen atoms in total. The Morgan fingerprint density at radius 2 is 2.00 bits per heavy atom. The van der Waals surface area contributed by atoms with Gasteiger partial charge in [-0.15, -0.1) is 0 Å². The summed E-state index contributed by atoms with van der Waals surface area (Å²) in [6.45, 7) is 0.815. The second-order valence-electron chi connectivity index (χ2n) is 7.48. The lowest BCUT2D eigenvalue weighted by atomic mass is 9.61. The number of carbonyl (C=O) groups excluding carboxylic acids is 1. The van der Waals surface area contributed by atoms with E-state index < -0.39 is 0 Å². The van der Waals surface area contributed by atoms with E-state index in [0.29, 0.717) is 10.4 Å². The number of carbonyl (C=O) groups is 1. The molecule has 0 radical (unpaired) electrons. The molecule has 0 aliphatic heterocycles. The maximum atomic E-state index is 12.7. The second-order valence-corrected chi connectivity index (χ2v) is 7.92. The van der Waals surface area contributed by atoms with Crippen LogP contribution in [0.1, 0.15) is 48.9 Å². The van der Waals surface area contributed by atoms with E-state index in [1.165, 1.54) is 38.5 Å². The normalized spacial score (nSPS) is 26.6. The maximum Gasteiger partial charge on any atom is 0.253 e. The van der Waals surface area contributed by atoms with Crippen LogP contribution in [0.5, 0.6) is 0 Å². The second kappa shape index (κ2) is 5.55. The largest absolute Gasteiger partial charge is 0.351 e. The van der Waals surface area contributed by atoms with Gasteiger partial charge in [0.1, 0.15) is 0 Å². The lowest BCUT2D eigenvalue weighted by Gasteiger charge is -2.46. The van der Waals surface area contributed by atoms with Gasteiger partial charge in [-0.2, -0.15) is 0 Å². The van der Waals surface area contributed by atoms with Gasteiger partial charge >= 0.3 is 0 Å². The molecule has 0 spiro atoms. The van der Waals surface area contributed by atoms with Gasteiger partial charge in [-0.1, -0.05) is 11.6 Å². The molecule has 1 heterocycles. The molecule has 5 rings (SSSR count). The van der Waals surface area contributed by atoms with Crippen molar-refractivity contribution in [2.45, 2.75) is 38.5 Å². The summed E-state index contributed by atoms with van der Waals surface area (Å²) < 4.78 is 1.99. The summed E-state index contributed by atoms with van der Waals surface area (Å²) in [4.78, 5) is 12.7. The third-order valence-corrected chi connectivity index (χ3v) is 6.30. The molecule has 0 saturated heterocycles. The molecule has 3 aliphatic carbocycles. The van der Waals surface area contributed by atoms with Crippen LogP contribution in [0.3, 0.4) is 0 Å². The van der Waals surface area contributed by atoms with Crippen LogP contribution < -0.4 is 5.32 Å². The van der Waals surface area contributed by atoms with Gasteiger partial charge in [0, 0.05) is 35.7 Å². The molecule has 23 heavy (non-hydrogen) atoms. The zero-order valence-corrected chi connectivity index (χ0v) is 14.3. The summed E-state index contributed by atoms with van der Waals surface area (Å²) in [5.74, 6) is 0.979. The summed E-state index contributed by atoms with van der Waals surface area (Å²) in [5, 5.41) is 4.82. The minimum atomic E-state index is 0.0277. The van der Waals surface area contributed by atoms with E-state index in [9.17, 15) is 4.79 Å². The van der Waals surface area contributed by atoms with Gasteiger partial charge in [-0.3, -0.25) is 4.79 Å². The van der Waals surface area contributed by atoms with E-state index in [1.54, 1.807) is 0 Å². The highest BCUT2D eigenvalue weighted by Gasteiger charge is 2.40. The van der Waals surface area contributed by atoms with Crippen LogP contribution in [0.4, 0.5) is 0 Å². The highest BCUT2D eigenvalue weighted by Crippen LogP contribution is 2.49. The molecular formula is C19H23ClN2O. The van der Waals surface area contributed by atoms with Crippen LogP contribution in [-0.4, -0.2) is 17.0 Å². The molecule has 0 atom stereocenters. The molecule has 1 aromatic heterocycles. The lowest BCUT2D eigenvalue weighted by Crippen LogP contribution is -2.43. The van der Waals surface area contributed by atoms with E-state index >= 15 is 0 Å². The number of hydrogen-bond donors (Lipinski definition) is 1. The lowest BCUT2D eigenvalue weighted by molar-refractivity contribution is 0.0598. The first-order chi connectivity index (χ1) is 11.1. The fraction of sp³-hybridized carbons (Fsp3) is 0.526. The number of fused-ring (bicyclic) bond motifs is 4. The Bertz CT molecular complexity index is 742. The smallest absolute Gasteiger partial charge is 0.253 e. The highest BCUT2D eigenvalue weighted by atomic mass is 35.5. The van der Waals surface area contributed by atoms with Crippen molar-refractivity contribution in [1.82, 2.24) is 9.88 Å². The molecule has 2 bridgehead atoms. The zero-order chi connectivity index (χ0) is 16.0. The SMILES string of the molecule is Cn1cc(C(=O)NCC23CCC(CC2)CC3)c2cc(Cl)ccc21. The van der Waals surface area contributed by atoms with E-state index in [0.717, 1.165) is 28.9 Å². The van der Waals surface area contributed by atoms with Crippen molar-refractivity contribution >= 4 is 28.4 Å². The molecule has 1 N–H and O–H groups in total. The van der Waals surface area contributed by atoms with E-state index in [1.807, 2.05) is 36.0 Å². The van der Waals surface area contributed by atoms with Crippen molar-refractivity contribution in [3.05, 3.63) is 35.0 Å². The minimum Gasteiger partial charge on any atom is -0.351 e. The number of nitrogens with zero attached hydrogens (tertiary/aromatic N) is 1. The van der Waals surface area contributed by atoms with Gasteiger partial charge in [0.25, 0.3) is 5.91 Å². The zero-order valence-electron chi connectivity index (χ0n) is 13.6. The summed E-state index contributed by atoms with van der Waals surface area (Å²) >= 11 is 6.11. The number of hydrogen-bond acceptors (Lipinski definition) is 1. The Labute approximate surface area is 142 Å². The third kappa shape index (κ3) is 2.65. The Kier molecular flexibility index (Phi) is 3.64. The summed E-state index contributed by atoms with van der Waals surface area (Å²) in [6, 6.07) is 5.72. The third-order valence-electron chi connectivity index (χ3n) is 6.07. The highest BCUT2D eigenvalue weighted by molar-refractivity contribution is 6.31. The minimum absolute atomic E-state index is 0.0277. The Morgan fingerprint density at radius 3 is 2.70 bits per heavy atom. The van der Waals surface area contributed by atoms with Crippen LogP contribution in [0.2, 0.25) is 5.02 Å². The van der Waals surface area contributed by atoms with Gasteiger partial charge < -0.3 is 9.88 Å². The molecule has 1 aromatic carbocycles. The number of halogens is 1. The number of benzene rings is 1. The van der Waals surface area contributed by atoms with Crippen LogP contribution in [0, 0.1) is 11.3 Å². The maximum absolute atomic E-state index is 12.7. The molecule has 3 saturated carbocycles. The van der Waals surface area contributed by atoms with E-state index in [-0.39, 0.29) is 5.91 Å². The molecule has 1 amide bonds. The van der Waals surface area contributed by atoms with Gasteiger partial charge in [0.2, 0.25) is 0 Å². The van der Waals surface area contributed by atoms with Crippen molar-refractivity contribution < 1.29 is 4.79 Å². The summed E-state index contributed by atoms with van der Waals surface area (Å²) in [6.07, 6.45) is 9.78. The van der Waals surface area contributed by atoms with Crippen LogP contribution in [-0.2, 0) is 7.05 Å². The summed E-state index contributed by atoms with van der Waals surface area (Å²) in [7, 11) is 1.97.